The van der Waals surface area contributed by atoms with E-state index < -0.39 is 0 Å². The highest BCUT2D eigenvalue weighted by Gasteiger charge is 2.07. The molecule has 94 valence electrons. The highest BCUT2D eigenvalue weighted by Crippen LogP contribution is 2.23. The molecule has 2 rings (SSSR count). The average Bonchev–Trinajstić information content (AvgIpc) is 2.31. The van der Waals surface area contributed by atoms with Gasteiger partial charge in [0, 0.05) is 27.3 Å². The predicted molar refractivity (Wildman–Crippen MR) is 77.6 cm³/mol. The molecular weight excluding hydrogens is 317 g/mol. The largest absolute Gasteiger partial charge is 0.381 e. The highest BCUT2D eigenvalue weighted by atomic mass is 79.9. The molecule has 2 aromatic rings. The van der Waals surface area contributed by atoms with Gasteiger partial charge in [0.2, 0.25) is 0 Å². The molecule has 18 heavy (non-hydrogen) atoms. The second-order valence-corrected chi connectivity index (χ2v) is 5.34. The molecule has 1 N–H and O–H groups in total. The highest BCUT2D eigenvalue weighted by molar-refractivity contribution is 9.10. The number of halogens is 3. The minimum absolute atomic E-state index is 0.287. The molecule has 0 unspecified atom stereocenters. The lowest BCUT2D eigenvalue weighted by atomic mass is 10.1. The Balaban J connectivity index is 2.16. The Hall–Kier alpha value is -1.06. The third-order valence-electron chi connectivity index (χ3n) is 2.71. The molecule has 0 heterocycles. The molecular formula is C14H12BrClFN. The van der Waals surface area contributed by atoms with Crippen LogP contribution < -0.4 is 5.32 Å². The van der Waals surface area contributed by atoms with Gasteiger partial charge in [-0.25, -0.2) is 4.39 Å². The van der Waals surface area contributed by atoms with Gasteiger partial charge in [0.1, 0.15) is 5.82 Å². The van der Waals surface area contributed by atoms with E-state index in [9.17, 15) is 4.39 Å². The summed E-state index contributed by atoms with van der Waals surface area (Å²) in [6.45, 7) is 2.37. The maximum absolute atomic E-state index is 13.6. The number of rotatable bonds is 3. The lowest BCUT2D eigenvalue weighted by Gasteiger charge is -2.11. The van der Waals surface area contributed by atoms with Gasteiger partial charge in [0.15, 0.2) is 0 Å². The monoisotopic (exact) mass is 327 g/mol. The number of hydrogen-bond donors (Lipinski definition) is 1. The van der Waals surface area contributed by atoms with E-state index >= 15 is 0 Å². The number of benzene rings is 2. The first kappa shape index (κ1) is 13.4. The van der Waals surface area contributed by atoms with Gasteiger partial charge in [-0.15, -0.1) is 0 Å². The van der Waals surface area contributed by atoms with Crippen molar-refractivity contribution in [1.82, 2.24) is 0 Å². The van der Waals surface area contributed by atoms with E-state index in [4.69, 9.17) is 11.6 Å². The van der Waals surface area contributed by atoms with E-state index in [1.165, 1.54) is 6.07 Å². The molecule has 4 heteroatoms. The summed E-state index contributed by atoms with van der Waals surface area (Å²) in [5.74, 6) is -0.287. The van der Waals surface area contributed by atoms with Crippen LogP contribution in [0.25, 0.3) is 0 Å². The number of hydrogen-bond acceptors (Lipinski definition) is 1. The van der Waals surface area contributed by atoms with E-state index in [0.29, 0.717) is 17.1 Å². The molecule has 0 spiro atoms. The first-order chi connectivity index (χ1) is 8.58. The summed E-state index contributed by atoms with van der Waals surface area (Å²) in [5, 5.41) is 3.63. The maximum atomic E-state index is 13.6. The average molecular weight is 329 g/mol. The second-order valence-electron chi connectivity index (χ2n) is 4.01. The Morgan fingerprint density at radius 1 is 1.28 bits per heavy atom. The van der Waals surface area contributed by atoms with E-state index in [2.05, 4.69) is 21.2 Å². The smallest absolute Gasteiger partial charge is 0.129 e. The van der Waals surface area contributed by atoms with Gasteiger partial charge < -0.3 is 5.32 Å². The van der Waals surface area contributed by atoms with Crippen LogP contribution in [0.2, 0.25) is 5.02 Å². The van der Waals surface area contributed by atoms with Gasteiger partial charge in [-0.1, -0.05) is 33.6 Å². The van der Waals surface area contributed by atoms with Crippen LogP contribution in [0.4, 0.5) is 10.1 Å². The molecule has 0 aliphatic carbocycles. The minimum Gasteiger partial charge on any atom is -0.381 e. The zero-order valence-electron chi connectivity index (χ0n) is 9.81. The summed E-state index contributed by atoms with van der Waals surface area (Å²) in [7, 11) is 0. The zero-order chi connectivity index (χ0) is 13.1. The molecule has 0 aliphatic heterocycles. The van der Waals surface area contributed by atoms with Crippen LogP contribution in [0.1, 0.15) is 11.1 Å². The van der Waals surface area contributed by atoms with Gasteiger partial charge in [-0.05, 0) is 42.8 Å². The van der Waals surface area contributed by atoms with Gasteiger partial charge in [0.25, 0.3) is 0 Å². The summed E-state index contributed by atoms with van der Waals surface area (Å²) < 4.78 is 14.6. The van der Waals surface area contributed by atoms with Gasteiger partial charge in [-0.3, -0.25) is 0 Å². The quantitative estimate of drug-likeness (QED) is 0.820. The Bertz CT molecular complexity index is 551. The van der Waals surface area contributed by atoms with E-state index in [1.54, 1.807) is 12.1 Å². The lowest BCUT2D eigenvalue weighted by molar-refractivity contribution is 0.613. The van der Waals surface area contributed by atoms with Crippen molar-refractivity contribution in [3.05, 3.63) is 62.8 Å². The van der Waals surface area contributed by atoms with Crippen molar-refractivity contribution in [3.63, 3.8) is 0 Å². The van der Waals surface area contributed by atoms with Gasteiger partial charge in [-0.2, -0.15) is 0 Å². The predicted octanol–water partition coefficient (Wildman–Crippen LogP) is 5.16. The summed E-state index contributed by atoms with van der Waals surface area (Å²) in [4.78, 5) is 0. The van der Waals surface area contributed by atoms with Crippen LogP contribution >= 0.6 is 27.5 Å². The van der Waals surface area contributed by atoms with Crippen molar-refractivity contribution in [2.45, 2.75) is 13.5 Å². The van der Waals surface area contributed by atoms with Crippen LogP contribution in [-0.2, 0) is 6.54 Å². The van der Waals surface area contributed by atoms with Crippen molar-refractivity contribution < 1.29 is 4.39 Å². The molecule has 0 saturated heterocycles. The molecule has 0 bridgehead atoms. The lowest BCUT2D eigenvalue weighted by Crippen LogP contribution is -2.03. The van der Waals surface area contributed by atoms with Gasteiger partial charge in [0.05, 0.1) is 0 Å². The Labute approximate surface area is 119 Å². The standard InChI is InChI=1S/C14H12BrClFN/c1-9-7-10(15)5-6-14(9)18-8-11-12(16)3-2-4-13(11)17/h2-7,18H,8H2,1H3. The first-order valence-corrected chi connectivity index (χ1v) is 6.68. The second kappa shape index (κ2) is 5.72. The van der Waals surface area contributed by atoms with Crippen molar-refractivity contribution >= 4 is 33.2 Å². The summed E-state index contributed by atoms with van der Waals surface area (Å²) >= 11 is 9.38. The van der Waals surface area contributed by atoms with E-state index in [0.717, 1.165) is 15.7 Å². The van der Waals surface area contributed by atoms with Crippen LogP contribution in [0.5, 0.6) is 0 Å². The topological polar surface area (TPSA) is 12.0 Å². The van der Waals surface area contributed by atoms with E-state index in [-0.39, 0.29) is 5.82 Å². The molecule has 0 fully saturated rings. The van der Waals surface area contributed by atoms with Crippen molar-refractivity contribution in [1.29, 1.82) is 0 Å². The zero-order valence-corrected chi connectivity index (χ0v) is 12.1. The van der Waals surface area contributed by atoms with Crippen LogP contribution in [0, 0.1) is 12.7 Å². The normalized spacial score (nSPS) is 10.4. The van der Waals surface area contributed by atoms with Crippen LogP contribution in [-0.4, -0.2) is 0 Å². The Kier molecular flexibility index (Phi) is 4.25. The van der Waals surface area contributed by atoms with Crippen molar-refractivity contribution in [2.24, 2.45) is 0 Å². The fourth-order valence-electron chi connectivity index (χ4n) is 1.71. The fourth-order valence-corrected chi connectivity index (χ4v) is 2.42. The molecule has 0 aliphatic rings. The SMILES string of the molecule is Cc1cc(Br)ccc1NCc1c(F)cccc1Cl. The fraction of sp³-hybridized carbons (Fsp3) is 0.143. The molecule has 0 atom stereocenters. The number of aryl methyl sites for hydroxylation is 1. The van der Waals surface area contributed by atoms with Crippen LogP contribution in [0.3, 0.4) is 0 Å². The Morgan fingerprint density at radius 2 is 2.06 bits per heavy atom. The Morgan fingerprint density at radius 3 is 2.72 bits per heavy atom. The van der Waals surface area contributed by atoms with Crippen LogP contribution in [0.15, 0.2) is 40.9 Å². The number of anilines is 1. The molecule has 0 aromatic heterocycles. The third kappa shape index (κ3) is 3.03. The van der Waals surface area contributed by atoms with E-state index in [1.807, 2.05) is 25.1 Å². The molecule has 0 amide bonds. The van der Waals surface area contributed by atoms with Crippen molar-refractivity contribution in [3.8, 4) is 0 Å². The summed E-state index contributed by atoms with van der Waals surface area (Å²) in [6.07, 6.45) is 0. The third-order valence-corrected chi connectivity index (χ3v) is 3.55. The maximum Gasteiger partial charge on any atom is 0.129 e. The number of nitrogens with one attached hydrogen (secondary N) is 1. The molecule has 0 saturated carbocycles. The van der Waals surface area contributed by atoms with Gasteiger partial charge >= 0.3 is 0 Å². The first-order valence-electron chi connectivity index (χ1n) is 5.51. The summed E-state index contributed by atoms with van der Waals surface area (Å²) in [5.41, 5.74) is 2.55. The minimum atomic E-state index is -0.287. The molecule has 0 radical (unpaired) electrons. The van der Waals surface area contributed by atoms with Crippen molar-refractivity contribution in [2.75, 3.05) is 5.32 Å². The summed E-state index contributed by atoms with van der Waals surface area (Å²) in [6, 6.07) is 10.6. The molecule has 1 nitrogen and oxygen atoms in total. The molecule has 2 aromatic carbocycles.